The molecule has 5 heteroatoms. The lowest BCUT2D eigenvalue weighted by molar-refractivity contribution is 0.368. The summed E-state index contributed by atoms with van der Waals surface area (Å²) in [6, 6.07) is 2.67. The Hall–Kier alpha value is -0.940. The van der Waals surface area contributed by atoms with E-state index < -0.39 is 0 Å². The zero-order valence-corrected chi connectivity index (χ0v) is 11.9. The third-order valence-corrected chi connectivity index (χ3v) is 3.99. The highest BCUT2D eigenvalue weighted by Gasteiger charge is 2.13. The Morgan fingerprint density at radius 1 is 1.39 bits per heavy atom. The van der Waals surface area contributed by atoms with Gasteiger partial charge in [0.1, 0.15) is 5.52 Å². The van der Waals surface area contributed by atoms with E-state index in [1.54, 1.807) is 0 Å². The zero-order valence-electron chi connectivity index (χ0n) is 10.3. The normalized spacial score (nSPS) is 20.4. The number of hydrogen-bond donors (Lipinski definition) is 1. The second-order valence-corrected chi connectivity index (χ2v) is 5.79. The van der Waals surface area contributed by atoms with Crippen molar-refractivity contribution in [2.45, 2.75) is 38.3 Å². The van der Waals surface area contributed by atoms with Crippen molar-refractivity contribution < 1.29 is 0 Å². The first-order valence-electron chi connectivity index (χ1n) is 6.53. The van der Waals surface area contributed by atoms with Crippen LogP contribution in [0.3, 0.4) is 0 Å². The highest BCUT2D eigenvalue weighted by atomic mass is 79.9. The molecular weight excluding hydrogens is 292 g/mol. The predicted molar refractivity (Wildman–Crippen MR) is 75.5 cm³/mol. The first-order chi connectivity index (χ1) is 8.83. The molecule has 3 rings (SSSR count). The summed E-state index contributed by atoms with van der Waals surface area (Å²) in [6.07, 6.45) is 8.86. The summed E-state index contributed by atoms with van der Waals surface area (Å²) in [6.45, 7) is 2.16. The SMILES string of the molecule is Brc1cnc2c(c1)ncn2CCC1CCCCN1. The summed E-state index contributed by atoms with van der Waals surface area (Å²) in [5.41, 5.74) is 1.94. The highest BCUT2D eigenvalue weighted by Crippen LogP contribution is 2.17. The molecule has 1 saturated heterocycles. The van der Waals surface area contributed by atoms with Gasteiger partial charge < -0.3 is 9.88 Å². The van der Waals surface area contributed by atoms with E-state index in [4.69, 9.17) is 0 Å². The molecule has 0 saturated carbocycles. The van der Waals surface area contributed by atoms with Crippen molar-refractivity contribution in [3.63, 3.8) is 0 Å². The molecule has 0 bridgehead atoms. The van der Waals surface area contributed by atoms with Crippen LogP contribution >= 0.6 is 15.9 Å². The molecule has 1 unspecified atom stereocenters. The molecule has 0 radical (unpaired) electrons. The average Bonchev–Trinajstić information content (AvgIpc) is 2.80. The van der Waals surface area contributed by atoms with Crippen LogP contribution in [-0.4, -0.2) is 27.1 Å². The lowest BCUT2D eigenvalue weighted by atomic mass is 10.0. The molecule has 0 amide bonds. The summed E-state index contributed by atoms with van der Waals surface area (Å²) in [5, 5.41) is 3.58. The predicted octanol–water partition coefficient (Wildman–Crippen LogP) is 2.73. The number of nitrogens with zero attached hydrogens (tertiary/aromatic N) is 3. The molecule has 0 aliphatic carbocycles. The molecular formula is C13H17BrN4. The number of halogens is 1. The number of aryl methyl sites for hydroxylation is 1. The smallest absolute Gasteiger partial charge is 0.159 e. The maximum atomic E-state index is 4.44. The molecule has 1 N–H and O–H groups in total. The summed E-state index contributed by atoms with van der Waals surface area (Å²) in [7, 11) is 0. The fourth-order valence-electron chi connectivity index (χ4n) is 2.55. The minimum atomic E-state index is 0.659. The van der Waals surface area contributed by atoms with Gasteiger partial charge in [0.2, 0.25) is 0 Å². The maximum absolute atomic E-state index is 4.44. The van der Waals surface area contributed by atoms with Crippen LogP contribution in [0.2, 0.25) is 0 Å². The Balaban J connectivity index is 1.70. The summed E-state index contributed by atoms with van der Waals surface area (Å²) < 4.78 is 3.13. The number of fused-ring (bicyclic) bond motifs is 1. The van der Waals surface area contributed by atoms with Crippen LogP contribution in [0.1, 0.15) is 25.7 Å². The van der Waals surface area contributed by atoms with E-state index >= 15 is 0 Å². The Kier molecular flexibility index (Phi) is 3.61. The van der Waals surface area contributed by atoms with Crippen LogP contribution in [-0.2, 0) is 6.54 Å². The topological polar surface area (TPSA) is 42.7 Å². The molecule has 2 aromatic heterocycles. The molecule has 1 fully saturated rings. The van der Waals surface area contributed by atoms with Gasteiger partial charge in [0.25, 0.3) is 0 Å². The minimum Gasteiger partial charge on any atom is -0.315 e. The minimum absolute atomic E-state index is 0.659. The van der Waals surface area contributed by atoms with E-state index in [1.807, 2.05) is 18.6 Å². The zero-order chi connectivity index (χ0) is 12.4. The largest absolute Gasteiger partial charge is 0.315 e. The standard InChI is InChI=1S/C13H17BrN4/c14-10-7-12-13(16-8-10)18(9-17-12)6-4-11-3-1-2-5-15-11/h7-9,11,15H,1-6H2. The van der Waals surface area contributed by atoms with Gasteiger partial charge in [-0.1, -0.05) is 6.42 Å². The molecule has 3 heterocycles. The lowest BCUT2D eigenvalue weighted by Gasteiger charge is -2.23. The van der Waals surface area contributed by atoms with Crippen LogP contribution in [0.5, 0.6) is 0 Å². The molecule has 1 aliphatic heterocycles. The molecule has 1 atom stereocenters. The fraction of sp³-hybridized carbons (Fsp3) is 0.538. The summed E-state index contributed by atoms with van der Waals surface area (Å²) in [5.74, 6) is 0. The monoisotopic (exact) mass is 308 g/mol. The van der Waals surface area contributed by atoms with Gasteiger partial charge >= 0.3 is 0 Å². The molecule has 2 aromatic rings. The number of piperidine rings is 1. The van der Waals surface area contributed by atoms with Crippen molar-refractivity contribution in [1.29, 1.82) is 0 Å². The van der Waals surface area contributed by atoms with Crippen LogP contribution < -0.4 is 5.32 Å². The number of hydrogen-bond acceptors (Lipinski definition) is 3. The van der Waals surface area contributed by atoms with Crippen LogP contribution in [0.15, 0.2) is 23.1 Å². The van der Waals surface area contributed by atoms with Gasteiger partial charge in [-0.3, -0.25) is 0 Å². The van der Waals surface area contributed by atoms with Crippen LogP contribution in [0.25, 0.3) is 11.2 Å². The van der Waals surface area contributed by atoms with Gasteiger partial charge in [-0.05, 0) is 47.8 Å². The van der Waals surface area contributed by atoms with E-state index in [2.05, 4.69) is 35.8 Å². The number of aromatic nitrogens is 3. The quantitative estimate of drug-likeness (QED) is 0.948. The molecule has 0 aromatic carbocycles. The van der Waals surface area contributed by atoms with Crippen molar-refractivity contribution >= 4 is 27.1 Å². The van der Waals surface area contributed by atoms with E-state index in [9.17, 15) is 0 Å². The molecule has 18 heavy (non-hydrogen) atoms. The lowest BCUT2D eigenvalue weighted by Crippen LogP contribution is -2.34. The Morgan fingerprint density at radius 2 is 2.33 bits per heavy atom. The highest BCUT2D eigenvalue weighted by molar-refractivity contribution is 9.10. The van der Waals surface area contributed by atoms with Crippen molar-refractivity contribution in [3.8, 4) is 0 Å². The van der Waals surface area contributed by atoms with Gasteiger partial charge in [-0.25, -0.2) is 9.97 Å². The van der Waals surface area contributed by atoms with Gasteiger partial charge in [0.05, 0.1) is 6.33 Å². The number of pyridine rings is 1. The third-order valence-electron chi connectivity index (χ3n) is 3.55. The average molecular weight is 309 g/mol. The number of rotatable bonds is 3. The summed E-state index contributed by atoms with van der Waals surface area (Å²) >= 11 is 3.42. The fourth-order valence-corrected chi connectivity index (χ4v) is 2.87. The first kappa shape index (κ1) is 12.1. The summed E-state index contributed by atoms with van der Waals surface area (Å²) in [4.78, 5) is 8.83. The van der Waals surface area contributed by atoms with Gasteiger partial charge in [-0.2, -0.15) is 0 Å². The van der Waals surface area contributed by atoms with E-state index in [1.165, 1.54) is 25.8 Å². The Bertz CT molecular complexity index is 531. The second kappa shape index (κ2) is 5.36. The van der Waals surface area contributed by atoms with E-state index in [-0.39, 0.29) is 0 Å². The van der Waals surface area contributed by atoms with Crippen LogP contribution in [0, 0.1) is 0 Å². The van der Waals surface area contributed by atoms with Crippen molar-refractivity contribution in [1.82, 2.24) is 19.9 Å². The second-order valence-electron chi connectivity index (χ2n) is 4.87. The molecule has 96 valence electrons. The molecule has 4 nitrogen and oxygen atoms in total. The molecule has 0 spiro atoms. The Labute approximate surface area is 115 Å². The number of imidazole rings is 1. The third kappa shape index (κ3) is 2.57. The first-order valence-corrected chi connectivity index (χ1v) is 7.32. The number of nitrogens with one attached hydrogen (secondary N) is 1. The van der Waals surface area contributed by atoms with Gasteiger partial charge in [-0.15, -0.1) is 0 Å². The van der Waals surface area contributed by atoms with Crippen molar-refractivity contribution in [3.05, 3.63) is 23.1 Å². The van der Waals surface area contributed by atoms with Crippen molar-refractivity contribution in [2.24, 2.45) is 0 Å². The van der Waals surface area contributed by atoms with Gasteiger partial charge in [0.15, 0.2) is 5.65 Å². The van der Waals surface area contributed by atoms with Gasteiger partial charge in [0, 0.05) is 23.3 Å². The van der Waals surface area contributed by atoms with E-state index in [0.29, 0.717) is 6.04 Å². The van der Waals surface area contributed by atoms with Crippen molar-refractivity contribution in [2.75, 3.05) is 6.54 Å². The molecule has 1 aliphatic rings. The van der Waals surface area contributed by atoms with Crippen LogP contribution in [0.4, 0.5) is 0 Å². The Morgan fingerprint density at radius 3 is 3.17 bits per heavy atom. The van der Waals surface area contributed by atoms with E-state index in [0.717, 1.165) is 28.6 Å². The maximum Gasteiger partial charge on any atom is 0.159 e.